The zero-order valence-electron chi connectivity index (χ0n) is 9.20. The molecule has 0 aromatic heterocycles. The highest BCUT2D eigenvalue weighted by atomic mass is 19.1. The normalized spacial score (nSPS) is 10.4. The number of aryl methyl sites for hydroxylation is 1. The fraction of sp³-hybridized carbons (Fsp3) is 0.143. The molecule has 0 aliphatic carbocycles. The maximum absolute atomic E-state index is 13.3. The van der Waals surface area contributed by atoms with Gasteiger partial charge in [0.05, 0.1) is 0 Å². The smallest absolute Gasteiger partial charge is 0.126 e. The summed E-state index contributed by atoms with van der Waals surface area (Å²) in [5.74, 6) is -0.145. The van der Waals surface area contributed by atoms with E-state index in [-0.39, 0.29) is 5.82 Å². The van der Waals surface area contributed by atoms with E-state index in [1.807, 2.05) is 36.4 Å². The van der Waals surface area contributed by atoms with Gasteiger partial charge in [0.2, 0.25) is 0 Å². The van der Waals surface area contributed by atoms with E-state index in [4.69, 9.17) is 5.73 Å². The molecule has 0 bridgehead atoms. The Labute approximate surface area is 94.7 Å². The van der Waals surface area contributed by atoms with Crippen molar-refractivity contribution in [1.82, 2.24) is 0 Å². The summed E-state index contributed by atoms with van der Waals surface area (Å²) in [6, 6.07) is 13.0. The predicted molar refractivity (Wildman–Crippen MR) is 64.8 cm³/mol. The van der Waals surface area contributed by atoms with Crippen LogP contribution in [-0.4, -0.2) is 0 Å². The maximum Gasteiger partial charge on any atom is 0.126 e. The summed E-state index contributed by atoms with van der Waals surface area (Å²) < 4.78 is 13.3. The van der Waals surface area contributed by atoms with Gasteiger partial charge in [-0.1, -0.05) is 24.3 Å². The van der Waals surface area contributed by atoms with Crippen LogP contribution in [0.4, 0.5) is 10.1 Å². The third-order valence-electron chi connectivity index (χ3n) is 2.62. The molecule has 1 nitrogen and oxygen atoms in total. The molecule has 0 aliphatic heterocycles. The summed E-state index contributed by atoms with van der Waals surface area (Å²) in [5, 5.41) is 0. The minimum atomic E-state index is -0.145. The van der Waals surface area contributed by atoms with Crippen LogP contribution in [0.2, 0.25) is 0 Å². The van der Waals surface area contributed by atoms with E-state index in [9.17, 15) is 4.39 Å². The van der Waals surface area contributed by atoms with Gasteiger partial charge < -0.3 is 5.73 Å². The standard InChI is InChI=1S/C14H14FN/c1-10-2-3-12(9-14(10)15)8-11-4-6-13(16)7-5-11/h2-7,9H,8,16H2,1H3. The van der Waals surface area contributed by atoms with Crippen molar-refractivity contribution in [3.8, 4) is 0 Å². The molecule has 0 fully saturated rings. The zero-order valence-corrected chi connectivity index (χ0v) is 9.20. The monoisotopic (exact) mass is 215 g/mol. The topological polar surface area (TPSA) is 26.0 Å². The summed E-state index contributed by atoms with van der Waals surface area (Å²) >= 11 is 0. The lowest BCUT2D eigenvalue weighted by Crippen LogP contribution is -1.92. The van der Waals surface area contributed by atoms with Gasteiger partial charge in [-0.2, -0.15) is 0 Å². The average Bonchev–Trinajstić information content (AvgIpc) is 2.27. The van der Waals surface area contributed by atoms with Crippen LogP contribution in [-0.2, 0) is 6.42 Å². The molecule has 0 aliphatic rings. The average molecular weight is 215 g/mol. The third-order valence-corrected chi connectivity index (χ3v) is 2.62. The molecular weight excluding hydrogens is 201 g/mol. The Kier molecular flexibility index (Phi) is 2.91. The molecule has 2 heteroatoms. The number of nitrogen functional groups attached to an aromatic ring is 1. The van der Waals surface area contributed by atoms with Crippen LogP contribution < -0.4 is 5.73 Å². The number of hydrogen-bond acceptors (Lipinski definition) is 1. The lowest BCUT2D eigenvalue weighted by molar-refractivity contribution is 0.616. The Balaban J connectivity index is 2.20. The summed E-state index contributed by atoms with van der Waals surface area (Å²) in [5.41, 5.74) is 9.15. The van der Waals surface area contributed by atoms with Gasteiger partial charge >= 0.3 is 0 Å². The lowest BCUT2D eigenvalue weighted by Gasteiger charge is -2.04. The predicted octanol–water partition coefficient (Wildman–Crippen LogP) is 3.31. The number of hydrogen-bond donors (Lipinski definition) is 1. The highest BCUT2D eigenvalue weighted by molar-refractivity contribution is 5.40. The highest BCUT2D eigenvalue weighted by Crippen LogP contribution is 2.14. The number of anilines is 1. The van der Waals surface area contributed by atoms with Gasteiger partial charge in [-0.15, -0.1) is 0 Å². The molecule has 2 aromatic carbocycles. The number of rotatable bonds is 2. The third kappa shape index (κ3) is 2.40. The molecule has 0 radical (unpaired) electrons. The second-order valence-electron chi connectivity index (χ2n) is 4.00. The van der Waals surface area contributed by atoms with E-state index in [0.717, 1.165) is 23.2 Å². The van der Waals surface area contributed by atoms with E-state index < -0.39 is 0 Å². The van der Waals surface area contributed by atoms with Crippen molar-refractivity contribution in [2.24, 2.45) is 0 Å². The second-order valence-corrected chi connectivity index (χ2v) is 4.00. The number of nitrogens with two attached hydrogens (primary N) is 1. The van der Waals surface area contributed by atoms with Crippen molar-refractivity contribution >= 4 is 5.69 Å². The second kappa shape index (κ2) is 4.35. The van der Waals surface area contributed by atoms with Crippen LogP contribution in [0.1, 0.15) is 16.7 Å². The Morgan fingerprint density at radius 2 is 1.62 bits per heavy atom. The highest BCUT2D eigenvalue weighted by Gasteiger charge is 2.00. The summed E-state index contributed by atoms with van der Waals surface area (Å²) in [7, 11) is 0. The largest absolute Gasteiger partial charge is 0.399 e. The first kappa shape index (κ1) is 10.7. The Bertz CT molecular complexity index is 489. The quantitative estimate of drug-likeness (QED) is 0.764. The van der Waals surface area contributed by atoms with Crippen molar-refractivity contribution in [2.45, 2.75) is 13.3 Å². The van der Waals surface area contributed by atoms with Crippen LogP contribution in [0.15, 0.2) is 42.5 Å². The lowest BCUT2D eigenvalue weighted by atomic mass is 10.0. The van der Waals surface area contributed by atoms with Gasteiger partial charge in [0, 0.05) is 5.69 Å². The van der Waals surface area contributed by atoms with Crippen LogP contribution in [0.3, 0.4) is 0 Å². The van der Waals surface area contributed by atoms with E-state index >= 15 is 0 Å². The van der Waals surface area contributed by atoms with Gasteiger partial charge in [0.25, 0.3) is 0 Å². The molecule has 0 amide bonds. The fourth-order valence-electron chi connectivity index (χ4n) is 1.62. The van der Waals surface area contributed by atoms with Gasteiger partial charge in [0.1, 0.15) is 5.82 Å². The van der Waals surface area contributed by atoms with Crippen molar-refractivity contribution in [3.05, 3.63) is 65.0 Å². The SMILES string of the molecule is Cc1ccc(Cc2ccc(N)cc2)cc1F. The Morgan fingerprint density at radius 3 is 2.25 bits per heavy atom. The summed E-state index contributed by atoms with van der Waals surface area (Å²) in [4.78, 5) is 0. The van der Waals surface area contributed by atoms with Crippen molar-refractivity contribution in [3.63, 3.8) is 0 Å². The van der Waals surface area contributed by atoms with Gasteiger partial charge in [-0.05, 0) is 48.2 Å². The maximum atomic E-state index is 13.3. The fourth-order valence-corrected chi connectivity index (χ4v) is 1.62. The van der Waals surface area contributed by atoms with Crippen LogP contribution in [0.5, 0.6) is 0 Å². The molecule has 0 atom stereocenters. The molecule has 16 heavy (non-hydrogen) atoms. The van der Waals surface area contributed by atoms with Crippen molar-refractivity contribution in [2.75, 3.05) is 5.73 Å². The van der Waals surface area contributed by atoms with Crippen molar-refractivity contribution in [1.29, 1.82) is 0 Å². The molecule has 2 rings (SSSR count). The van der Waals surface area contributed by atoms with E-state index in [0.29, 0.717) is 5.56 Å². The minimum absolute atomic E-state index is 0.145. The first-order valence-electron chi connectivity index (χ1n) is 5.24. The summed E-state index contributed by atoms with van der Waals surface area (Å²) in [6.07, 6.45) is 0.734. The number of halogens is 1. The first-order chi connectivity index (χ1) is 7.65. The van der Waals surface area contributed by atoms with Gasteiger partial charge in [-0.3, -0.25) is 0 Å². The molecule has 2 aromatic rings. The molecule has 82 valence electrons. The van der Waals surface area contributed by atoms with E-state index in [1.54, 1.807) is 13.0 Å². The molecule has 0 spiro atoms. The zero-order chi connectivity index (χ0) is 11.5. The minimum Gasteiger partial charge on any atom is -0.399 e. The molecule has 0 heterocycles. The molecule has 0 saturated carbocycles. The first-order valence-corrected chi connectivity index (χ1v) is 5.24. The molecule has 0 unspecified atom stereocenters. The van der Waals surface area contributed by atoms with Crippen LogP contribution >= 0.6 is 0 Å². The van der Waals surface area contributed by atoms with Crippen LogP contribution in [0.25, 0.3) is 0 Å². The Morgan fingerprint density at radius 1 is 1.00 bits per heavy atom. The van der Waals surface area contributed by atoms with Gasteiger partial charge in [-0.25, -0.2) is 4.39 Å². The van der Waals surface area contributed by atoms with E-state index in [2.05, 4.69) is 0 Å². The molecule has 0 saturated heterocycles. The number of benzene rings is 2. The van der Waals surface area contributed by atoms with Crippen molar-refractivity contribution < 1.29 is 4.39 Å². The van der Waals surface area contributed by atoms with Gasteiger partial charge in [0.15, 0.2) is 0 Å². The molecular formula is C14H14FN. The van der Waals surface area contributed by atoms with Crippen LogP contribution in [0, 0.1) is 12.7 Å². The van der Waals surface area contributed by atoms with E-state index in [1.165, 1.54) is 0 Å². The Hall–Kier alpha value is -1.83. The molecule has 2 N–H and O–H groups in total. The summed E-state index contributed by atoms with van der Waals surface area (Å²) in [6.45, 7) is 1.77.